The minimum absolute atomic E-state index is 0.104. The topological polar surface area (TPSA) is 39.5 Å². The van der Waals surface area contributed by atoms with Gasteiger partial charge in [0.2, 0.25) is 0 Å². The third kappa shape index (κ3) is 6.06. The third-order valence-corrected chi connectivity index (χ3v) is 6.37. The van der Waals surface area contributed by atoms with Crippen LogP contribution in [0.25, 0.3) is 0 Å². The van der Waals surface area contributed by atoms with Gasteiger partial charge in [-0.3, -0.25) is 5.41 Å². The van der Waals surface area contributed by atoms with Gasteiger partial charge in [0, 0.05) is 23.7 Å². The number of hydrogen-bond acceptors (Lipinski definition) is 1. The molecule has 2 aromatic carbocycles. The molecule has 0 amide bonds. The second kappa shape index (κ2) is 8.98. The molecule has 0 heterocycles. The summed E-state index contributed by atoms with van der Waals surface area (Å²) in [7, 11) is 2.05. The highest BCUT2D eigenvalue weighted by molar-refractivity contribution is 6.10. The van der Waals surface area contributed by atoms with E-state index < -0.39 is 0 Å². The van der Waals surface area contributed by atoms with Crippen molar-refractivity contribution in [1.82, 2.24) is 4.90 Å². The first-order valence-electron chi connectivity index (χ1n) is 11.3. The average molecular weight is 420 g/mol. The predicted molar refractivity (Wildman–Crippen MR) is 136 cm³/mol. The van der Waals surface area contributed by atoms with E-state index in [1.807, 2.05) is 12.1 Å². The summed E-state index contributed by atoms with van der Waals surface area (Å²) >= 11 is 0. The Hall–Kier alpha value is -2.42. The number of rotatable bonds is 4. The van der Waals surface area contributed by atoms with Crippen LogP contribution in [0.2, 0.25) is 0 Å². The molecule has 31 heavy (non-hydrogen) atoms. The molecule has 168 valence electrons. The van der Waals surface area contributed by atoms with Crippen LogP contribution in [-0.4, -0.2) is 29.2 Å². The maximum atomic E-state index is 8.71. The molecule has 0 aliphatic carbocycles. The van der Waals surface area contributed by atoms with Crippen molar-refractivity contribution in [1.29, 1.82) is 5.41 Å². The number of benzene rings is 2. The van der Waals surface area contributed by atoms with Crippen LogP contribution in [0.5, 0.6) is 0 Å². The van der Waals surface area contributed by atoms with Crippen LogP contribution in [-0.2, 0) is 10.8 Å². The maximum absolute atomic E-state index is 8.71. The van der Waals surface area contributed by atoms with E-state index in [4.69, 9.17) is 10.4 Å². The van der Waals surface area contributed by atoms with Gasteiger partial charge in [0.05, 0.1) is 0 Å². The normalized spacial score (nSPS) is 13.3. The van der Waals surface area contributed by atoms with Crippen molar-refractivity contribution in [2.24, 2.45) is 4.99 Å². The number of hydrogen-bond donors (Lipinski definition) is 1. The summed E-state index contributed by atoms with van der Waals surface area (Å²) in [6.07, 6.45) is 1.08. The Kier molecular flexibility index (Phi) is 7.20. The van der Waals surface area contributed by atoms with Gasteiger partial charge in [-0.05, 0) is 49.1 Å². The predicted octanol–water partition coefficient (Wildman–Crippen LogP) is 7.17. The molecule has 3 nitrogen and oxygen atoms in total. The highest BCUT2D eigenvalue weighted by Crippen LogP contribution is 2.27. The first-order valence-corrected chi connectivity index (χ1v) is 11.3. The molecule has 1 N–H and O–H groups in total. The quantitative estimate of drug-likeness (QED) is 0.414. The summed E-state index contributed by atoms with van der Waals surface area (Å²) in [4.78, 5) is 6.97. The van der Waals surface area contributed by atoms with E-state index in [1.54, 1.807) is 0 Å². The highest BCUT2D eigenvalue weighted by Gasteiger charge is 2.24. The van der Waals surface area contributed by atoms with Crippen molar-refractivity contribution < 1.29 is 0 Å². The van der Waals surface area contributed by atoms with Gasteiger partial charge in [-0.25, -0.2) is 4.99 Å². The number of nitrogens with zero attached hydrogens (tertiary/aromatic N) is 2. The van der Waals surface area contributed by atoms with Crippen LogP contribution in [0.1, 0.15) is 91.0 Å². The Morgan fingerprint density at radius 2 is 1.23 bits per heavy atom. The van der Waals surface area contributed by atoms with Crippen LogP contribution in [0, 0.1) is 5.41 Å². The van der Waals surface area contributed by atoms with E-state index in [0.29, 0.717) is 0 Å². The lowest BCUT2D eigenvalue weighted by molar-refractivity contribution is 0.282. The summed E-state index contributed by atoms with van der Waals surface area (Å²) in [6.45, 7) is 19.9. The van der Waals surface area contributed by atoms with Crippen molar-refractivity contribution in [3.05, 3.63) is 70.8 Å². The third-order valence-electron chi connectivity index (χ3n) is 6.37. The minimum Gasteiger partial charge on any atom is -0.354 e. The molecule has 0 unspecified atom stereocenters. The number of nitrogens with one attached hydrogen (secondary N) is 1. The molecule has 0 fully saturated rings. The molecule has 2 rings (SSSR count). The van der Waals surface area contributed by atoms with E-state index >= 15 is 0 Å². The molecular formula is C28H41N3. The van der Waals surface area contributed by atoms with Crippen LogP contribution in [0.4, 0.5) is 0 Å². The van der Waals surface area contributed by atoms with Gasteiger partial charge in [0.25, 0.3) is 0 Å². The van der Waals surface area contributed by atoms with E-state index in [9.17, 15) is 0 Å². The molecule has 0 aliphatic heterocycles. The number of aliphatic imine (C=N–C) groups is 1. The lowest BCUT2D eigenvalue weighted by Crippen LogP contribution is -2.43. The largest absolute Gasteiger partial charge is 0.354 e. The first-order chi connectivity index (χ1) is 14.2. The van der Waals surface area contributed by atoms with Crippen molar-refractivity contribution >= 4 is 11.7 Å². The molecule has 0 bridgehead atoms. The molecule has 0 aliphatic rings. The highest BCUT2D eigenvalue weighted by atomic mass is 15.2. The van der Waals surface area contributed by atoms with Gasteiger partial charge in [-0.1, -0.05) is 90.1 Å². The lowest BCUT2D eigenvalue weighted by atomic mass is 9.82. The SMILES string of the molecule is CCC(C)(C)c1ccc(C(=N)/N=C(/c2ccc(C(C)(C)C)cc2)N(C)C(C)(C)C)cc1. The van der Waals surface area contributed by atoms with Crippen molar-refractivity contribution in [2.75, 3.05) is 7.05 Å². The maximum Gasteiger partial charge on any atom is 0.154 e. The molecule has 0 radical (unpaired) electrons. The Balaban J connectivity index is 2.46. The molecular weight excluding hydrogens is 378 g/mol. The summed E-state index contributed by atoms with van der Waals surface area (Å²) in [5, 5.41) is 8.71. The fraction of sp³-hybridized carbons (Fsp3) is 0.500. The van der Waals surface area contributed by atoms with Crippen molar-refractivity contribution in [3.63, 3.8) is 0 Å². The molecule has 2 aromatic rings. The van der Waals surface area contributed by atoms with Gasteiger partial charge in [-0.2, -0.15) is 0 Å². The monoisotopic (exact) mass is 419 g/mol. The van der Waals surface area contributed by atoms with Crippen LogP contribution in [0.15, 0.2) is 53.5 Å². The summed E-state index contributed by atoms with van der Waals surface area (Å²) in [5.74, 6) is 1.10. The molecule has 0 aromatic heterocycles. The number of amidine groups is 2. The second-order valence-electron chi connectivity index (χ2n) is 11.2. The van der Waals surface area contributed by atoms with Gasteiger partial charge in [0.15, 0.2) is 5.84 Å². The standard InChI is InChI=1S/C28H41N3/c1-11-28(8,9)23-18-12-20(13-19-23)24(29)30-25(31(10)27(5,6)7)21-14-16-22(17-15-21)26(2,3)4/h12-19,29H,11H2,1-10H3/b29-24?,30-25-. The average Bonchev–Trinajstić information content (AvgIpc) is 2.70. The fourth-order valence-electron chi connectivity index (χ4n) is 3.22. The van der Waals surface area contributed by atoms with E-state index in [2.05, 4.69) is 111 Å². The Morgan fingerprint density at radius 1 is 0.774 bits per heavy atom. The lowest BCUT2D eigenvalue weighted by Gasteiger charge is -2.35. The van der Waals surface area contributed by atoms with E-state index in [1.165, 1.54) is 11.1 Å². The summed E-state index contributed by atoms with van der Waals surface area (Å²) < 4.78 is 0. The second-order valence-corrected chi connectivity index (χ2v) is 11.2. The summed E-state index contributed by atoms with van der Waals surface area (Å²) in [5.41, 5.74) is 4.57. The smallest absolute Gasteiger partial charge is 0.154 e. The van der Waals surface area contributed by atoms with Gasteiger partial charge >= 0.3 is 0 Å². The molecule has 0 spiro atoms. The molecule has 0 saturated heterocycles. The van der Waals surface area contributed by atoms with Crippen LogP contribution in [0.3, 0.4) is 0 Å². The Labute approximate surface area is 190 Å². The zero-order valence-electron chi connectivity index (χ0n) is 21.2. The van der Waals surface area contributed by atoms with Crippen molar-refractivity contribution in [3.8, 4) is 0 Å². The van der Waals surface area contributed by atoms with E-state index in [0.717, 1.165) is 23.4 Å². The molecule has 0 atom stereocenters. The van der Waals surface area contributed by atoms with Gasteiger partial charge in [-0.15, -0.1) is 0 Å². The fourth-order valence-corrected chi connectivity index (χ4v) is 3.22. The summed E-state index contributed by atoms with van der Waals surface area (Å²) in [6, 6.07) is 16.9. The van der Waals surface area contributed by atoms with Crippen molar-refractivity contribution in [2.45, 2.75) is 85.1 Å². The zero-order chi connectivity index (χ0) is 23.6. The molecule has 0 saturated carbocycles. The van der Waals surface area contributed by atoms with Gasteiger partial charge < -0.3 is 4.90 Å². The minimum atomic E-state index is -0.114. The first kappa shape index (κ1) is 24.8. The molecule has 3 heteroatoms. The van der Waals surface area contributed by atoms with Gasteiger partial charge in [0.1, 0.15) is 5.84 Å². The van der Waals surface area contributed by atoms with E-state index in [-0.39, 0.29) is 22.2 Å². The Morgan fingerprint density at radius 3 is 1.65 bits per heavy atom. The van der Waals surface area contributed by atoms with Crippen LogP contribution >= 0.6 is 0 Å². The van der Waals surface area contributed by atoms with Crippen LogP contribution < -0.4 is 0 Å². The Bertz CT molecular complexity index is 918. The zero-order valence-corrected chi connectivity index (χ0v) is 21.2.